The number of amides is 1. The van der Waals surface area contributed by atoms with Crippen molar-refractivity contribution in [1.29, 1.82) is 0 Å². The van der Waals surface area contributed by atoms with Gasteiger partial charge in [-0.1, -0.05) is 29.9 Å². The third-order valence-electron chi connectivity index (χ3n) is 1.95. The number of carbonyl (C=O) groups is 1. The van der Waals surface area contributed by atoms with E-state index >= 15 is 0 Å². The summed E-state index contributed by atoms with van der Waals surface area (Å²) in [7, 11) is 0. The average molecular weight is 288 g/mol. The van der Waals surface area contributed by atoms with Gasteiger partial charge in [0.15, 0.2) is 0 Å². The Balaban J connectivity index is 2.02. The fourth-order valence-electron chi connectivity index (χ4n) is 1.21. The summed E-state index contributed by atoms with van der Waals surface area (Å²) in [6.45, 7) is 2.08. The summed E-state index contributed by atoms with van der Waals surface area (Å²) in [5.41, 5.74) is 0. The highest BCUT2D eigenvalue weighted by Crippen LogP contribution is 2.23. The highest BCUT2D eigenvalue weighted by atomic mass is 35.5. The van der Waals surface area contributed by atoms with Crippen LogP contribution in [0.4, 0.5) is 5.13 Å². The third kappa shape index (κ3) is 3.24. The lowest BCUT2D eigenvalue weighted by atomic mass is 10.4. The summed E-state index contributed by atoms with van der Waals surface area (Å²) >= 11 is 8.41. The molecule has 0 atom stereocenters. The maximum absolute atomic E-state index is 11.8. The van der Waals surface area contributed by atoms with Crippen LogP contribution in [0.2, 0.25) is 4.34 Å². The Kier molecular flexibility index (Phi) is 4.09. The molecule has 17 heavy (non-hydrogen) atoms. The van der Waals surface area contributed by atoms with E-state index in [0.29, 0.717) is 14.3 Å². The van der Waals surface area contributed by atoms with Crippen LogP contribution in [0.25, 0.3) is 0 Å². The molecular weight excluding hydrogens is 278 g/mol. The lowest BCUT2D eigenvalue weighted by Crippen LogP contribution is -2.09. The Morgan fingerprint density at radius 2 is 2.24 bits per heavy atom. The van der Waals surface area contributed by atoms with E-state index in [1.165, 1.54) is 22.7 Å². The minimum atomic E-state index is -0.193. The molecule has 2 aromatic rings. The van der Waals surface area contributed by atoms with Crippen molar-refractivity contribution >= 4 is 45.3 Å². The maximum atomic E-state index is 11.8. The molecular formula is C10H10ClN3OS2. The summed E-state index contributed by atoms with van der Waals surface area (Å²) in [6, 6.07) is 3.39. The molecule has 0 spiro atoms. The second kappa shape index (κ2) is 5.57. The minimum Gasteiger partial charge on any atom is -0.296 e. The van der Waals surface area contributed by atoms with Crippen LogP contribution in [0.1, 0.15) is 28.0 Å². The van der Waals surface area contributed by atoms with Gasteiger partial charge in [0, 0.05) is 6.42 Å². The molecule has 0 aromatic carbocycles. The molecule has 90 valence electrons. The number of rotatable bonds is 4. The van der Waals surface area contributed by atoms with E-state index in [4.69, 9.17) is 11.6 Å². The molecule has 4 nitrogen and oxygen atoms in total. The number of aromatic nitrogens is 2. The van der Waals surface area contributed by atoms with Gasteiger partial charge in [-0.25, -0.2) is 0 Å². The molecule has 0 bridgehead atoms. The van der Waals surface area contributed by atoms with Crippen LogP contribution in [-0.4, -0.2) is 16.1 Å². The van der Waals surface area contributed by atoms with Crippen LogP contribution >= 0.6 is 34.3 Å². The molecule has 1 N–H and O–H groups in total. The first kappa shape index (κ1) is 12.5. The van der Waals surface area contributed by atoms with Crippen molar-refractivity contribution in [2.75, 3.05) is 5.32 Å². The number of hydrogen-bond acceptors (Lipinski definition) is 5. The molecule has 2 rings (SSSR count). The molecule has 1 amide bonds. The van der Waals surface area contributed by atoms with Crippen molar-refractivity contribution < 1.29 is 4.79 Å². The van der Waals surface area contributed by atoms with Gasteiger partial charge in [-0.05, 0) is 18.6 Å². The molecule has 7 heteroatoms. The zero-order chi connectivity index (χ0) is 12.3. The fraction of sp³-hybridized carbons (Fsp3) is 0.300. The molecule has 0 aliphatic carbocycles. The van der Waals surface area contributed by atoms with E-state index in [2.05, 4.69) is 22.4 Å². The SMILES string of the molecule is CCCc1nnc(NC(=O)c2ccc(Cl)s2)s1. The van der Waals surface area contributed by atoms with Gasteiger partial charge >= 0.3 is 0 Å². The highest BCUT2D eigenvalue weighted by molar-refractivity contribution is 7.18. The van der Waals surface area contributed by atoms with Crippen molar-refractivity contribution in [3.05, 3.63) is 26.4 Å². The third-order valence-corrected chi connectivity index (χ3v) is 4.08. The average Bonchev–Trinajstić information content (AvgIpc) is 2.88. The molecule has 0 aliphatic rings. The first-order valence-corrected chi connectivity index (χ1v) is 7.09. The molecule has 0 saturated heterocycles. The first-order chi connectivity index (χ1) is 8.19. The number of nitrogens with zero attached hydrogens (tertiary/aromatic N) is 2. The Bertz CT molecular complexity index is 523. The van der Waals surface area contributed by atoms with Gasteiger partial charge in [-0.3, -0.25) is 10.1 Å². The van der Waals surface area contributed by atoms with Crippen LogP contribution in [0, 0.1) is 0 Å². The first-order valence-electron chi connectivity index (χ1n) is 5.08. The minimum absolute atomic E-state index is 0.193. The Hall–Kier alpha value is -0.980. The van der Waals surface area contributed by atoms with Crippen molar-refractivity contribution in [2.45, 2.75) is 19.8 Å². The topological polar surface area (TPSA) is 54.9 Å². The highest BCUT2D eigenvalue weighted by Gasteiger charge is 2.11. The van der Waals surface area contributed by atoms with Crippen LogP contribution in [0.3, 0.4) is 0 Å². The van der Waals surface area contributed by atoms with E-state index in [9.17, 15) is 4.79 Å². The number of hydrogen-bond donors (Lipinski definition) is 1. The number of nitrogens with one attached hydrogen (secondary N) is 1. The molecule has 0 radical (unpaired) electrons. The van der Waals surface area contributed by atoms with Crippen molar-refractivity contribution in [3.8, 4) is 0 Å². The second-order valence-corrected chi connectivity index (χ2v) is 6.09. The number of thiophene rings is 1. The van der Waals surface area contributed by atoms with E-state index in [1.54, 1.807) is 12.1 Å². The molecule has 0 fully saturated rings. The summed E-state index contributed by atoms with van der Waals surface area (Å²) in [4.78, 5) is 12.3. The zero-order valence-corrected chi connectivity index (χ0v) is 11.5. The molecule has 0 unspecified atom stereocenters. The number of aryl methyl sites for hydroxylation is 1. The maximum Gasteiger partial charge on any atom is 0.267 e. The number of anilines is 1. The summed E-state index contributed by atoms with van der Waals surface area (Å²) in [5, 5.41) is 12.1. The monoisotopic (exact) mass is 287 g/mol. The normalized spacial score (nSPS) is 10.5. The van der Waals surface area contributed by atoms with Gasteiger partial charge in [0.2, 0.25) is 5.13 Å². The molecule has 0 aliphatic heterocycles. The summed E-state index contributed by atoms with van der Waals surface area (Å²) < 4.78 is 0.596. The quantitative estimate of drug-likeness (QED) is 0.937. The Morgan fingerprint density at radius 1 is 1.41 bits per heavy atom. The van der Waals surface area contributed by atoms with Crippen LogP contribution in [0.5, 0.6) is 0 Å². The molecule has 2 aromatic heterocycles. The van der Waals surface area contributed by atoms with E-state index < -0.39 is 0 Å². The van der Waals surface area contributed by atoms with Gasteiger partial charge in [0.05, 0.1) is 9.21 Å². The Labute approximate surface area is 112 Å². The van der Waals surface area contributed by atoms with Gasteiger partial charge in [-0.15, -0.1) is 21.5 Å². The zero-order valence-electron chi connectivity index (χ0n) is 9.07. The van der Waals surface area contributed by atoms with E-state index in [0.717, 1.165) is 17.8 Å². The van der Waals surface area contributed by atoms with Gasteiger partial charge in [0.25, 0.3) is 5.91 Å². The smallest absolute Gasteiger partial charge is 0.267 e. The fourth-order valence-corrected chi connectivity index (χ4v) is 2.99. The lowest BCUT2D eigenvalue weighted by molar-refractivity contribution is 0.103. The van der Waals surface area contributed by atoms with Crippen molar-refractivity contribution in [3.63, 3.8) is 0 Å². The van der Waals surface area contributed by atoms with Gasteiger partial charge in [-0.2, -0.15) is 0 Å². The van der Waals surface area contributed by atoms with Gasteiger partial charge in [0.1, 0.15) is 5.01 Å². The molecule has 0 saturated carbocycles. The van der Waals surface area contributed by atoms with E-state index in [-0.39, 0.29) is 5.91 Å². The standard InChI is InChI=1S/C10H10ClN3OS2/c1-2-3-8-13-14-10(17-8)12-9(15)6-4-5-7(11)16-6/h4-5H,2-3H2,1H3,(H,12,14,15). The second-order valence-electron chi connectivity index (χ2n) is 3.31. The summed E-state index contributed by atoms with van der Waals surface area (Å²) in [5.74, 6) is -0.193. The van der Waals surface area contributed by atoms with E-state index in [1.807, 2.05) is 0 Å². The Morgan fingerprint density at radius 3 is 2.88 bits per heavy atom. The van der Waals surface area contributed by atoms with Crippen molar-refractivity contribution in [2.24, 2.45) is 0 Å². The number of halogens is 1. The predicted octanol–water partition coefficient (Wildman–Crippen LogP) is 3.46. The van der Waals surface area contributed by atoms with Crippen LogP contribution in [-0.2, 0) is 6.42 Å². The number of carbonyl (C=O) groups excluding carboxylic acids is 1. The van der Waals surface area contributed by atoms with Gasteiger partial charge < -0.3 is 0 Å². The summed E-state index contributed by atoms with van der Waals surface area (Å²) in [6.07, 6.45) is 1.90. The lowest BCUT2D eigenvalue weighted by Gasteiger charge is -1.96. The van der Waals surface area contributed by atoms with Crippen molar-refractivity contribution in [1.82, 2.24) is 10.2 Å². The predicted molar refractivity (Wildman–Crippen MR) is 71.2 cm³/mol. The van der Waals surface area contributed by atoms with Crippen LogP contribution < -0.4 is 5.32 Å². The largest absolute Gasteiger partial charge is 0.296 e. The molecule has 2 heterocycles. The van der Waals surface area contributed by atoms with Crippen LogP contribution in [0.15, 0.2) is 12.1 Å².